The van der Waals surface area contributed by atoms with Gasteiger partial charge < -0.3 is 5.73 Å². The molecular weight excluding hydrogens is 353 g/mol. The van der Waals surface area contributed by atoms with Crippen LogP contribution in [-0.4, -0.2) is 5.91 Å². The van der Waals surface area contributed by atoms with Crippen LogP contribution in [-0.2, 0) is 10.2 Å². The van der Waals surface area contributed by atoms with Crippen molar-refractivity contribution in [3.8, 4) is 0 Å². The van der Waals surface area contributed by atoms with Crippen molar-refractivity contribution in [1.82, 2.24) is 0 Å². The van der Waals surface area contributed by atoms with Crippen molar-refractivity contribution in [2.75, 3.05) is 0 Å². The summed E-state index contributed by atoms with van der Waals surface area (Å²) in [6.45, 7) is 8.82. The predicted molar refractivity (Wildman–Crippen MR) is 109 cm³/mol. The third-order valence-electron chi connectivity index (χ3n) is 6.12. The minimum Gasteiger partial charge on any atom is -0.369 e. The highest BCUT2D eigenvalue weighted by atomic mass is 35.5. The molecule has 0 radical (unpaired) electrons. The van der Waals surface area contributed by atoms with Gasteiger partial charge in [-0.15, -0.1) is 12.4 Å². The third-order valence-corrected chi connectivity index (χ3v) is 6.37. The average molecular weight is 386 g/mol. The zero-order chi connectivity index (χ0) is 17.9. The Morgan fingerprint density at radius 2 is 1.76 bits per heavy atom. The van der Waals surface area contributed by atoms with Gasteiger partial charge in [0.15, 0.2) is 0 Å². The Morgan fingerprint density at radius 1 is 1.20 bits per heavy atom. The van der Waals surface area contributed by atoms with Crippen molar-refractivity contribution < 1.29 is 4.79 Å². The van der Waals surface area contributed by atoms with Crippen LogP contribution in [0.25, 0.3) is 0 Å². The molecule has 1 fully saturated rings. The fourth-order valence-electron chi connectivity index (χ4n) is 4.57. The van der Waals surface area contributed by atoms with E-state index in [0.29, 0.717) is 17.8 Å². The molecule has 0 aromatic heterocycles. The Hall–Kier alpha value is -0.730. The number of carbonyl (C=O) groups is 1. The topological polar surface area (TPSA) is 43.1 Å². The van der Waals surface area contributed by atoms with Gasteiger partial charge in [-0.2, -0.15) is 0 Å². The van der Waals surface area contributed by atoms with E-state index in [1.54, 1.807) is 0 Å². The minimum atomic E-state index is -0.129. The van der Waals surface area contributed by atoms with Gasteiger partial charge in [-0.1, -0.05) is 64.3 Å². The van der Waals surface area contributed by atoms with Gasteiger partial charge in [0, 0.05) is 10.9 Å². The summed E-state index contributed by atoms with van der Waals surface area (Å²) in [7, 11) is 0. The third kappa shape index (κ3) is 4.71. The molecule has 2 nitrogen and oxygen atoms in total. The van der Waals surface area contributed by atoms with Gasteiger partial charge in [0.05, 0.1) is 0 Å². The Bertz CT molecular complexity index is 552. The molecule has 25 heavy (non-hydrogen) atoms. The van der Waals surface area contributed by atoms with Crippen LogP contribution in [0.1, 0.15) is 65.4 Å². The van der Waals surface area contributed by atoms with Crippen LogP contribution >= 0.6 is 24.0 Å². The second kappa shape index (κ2) is 9.28. The van der Waals surface area contributed by atoms with Crippen molar-refractivity contribution >= 4 is 29.9 Å². The summed E-state index contributed by atoms with van der Waals surface area (Å²) in [5.41, 5.74) is 7.32. The van der Waals surface area contributed by atoms with E-state index >= 15 is 0 Å². The Balaban J connectivity index is 0.00000312. The zero-order valence-corrected chi connectivity index (χ0v) is 17.5. The number of hydrogen-bond donors (Lipinski definition) is 1. The van der Waals surface area contributed by atoms with E-state index in [0.717, 1.165) is 30.7 Å². The standard InChI is InChI=1S/C21H32ClNO.ClH/c1-5-15(4)19(20(23)24)18(13-14(2)3)21(11-6-12-21)16-7-9-17(22)10-8-16;/h7-10,14-15,18-19H,5-6,11-13H2,1-4H3,(H2,23,24);1H/t15?,18-,19?;/m1./s1. The van der Waals surface area contributed by atoms with Crippen LogP contribution in [0.5, 0.6) is 0 Å². The SMILES string of the molecule is CCC(C)C(C(N)=O)[C@@H](CC(C)C)C1(c2ccc(Cl)cc2)CCC1.Cl. The average Bonchev–Trinajstić information content (AvgIpc) is 2.47. The van der Waals surface area contributed by atoms with E-state index < -0.39 is 0 Å². The molecule has 0 saturated heterocycles. The molecule has 142 valence electrons. The van der Waals surface area contributed by atoms with E-state index in [9.17, 15) is 4.79 Å². The molecule has 1 amide bonds. The number of nitrogens with two attached hydrogens (primary N) is 1. The lowest BCUT2D eigenvalue weighted by atomic mass is 9.52. The molecule has 3 atom stereocenters. The molecule has 1 aliphatic rings. The van der Waals surface area contributed by atoms with Gasteiger partial charge in [0.1, 0.15) is 0 Å². The van der Waals surface area contributed by atoms with E-state index in [4.69, 9.17) is 17.3 Å². The summed E-state index contributed by atoms with van der Waals surface area (Å²) >= 11 is 6.10. The molecule has 0 heterocycles. The summed E-state index contributed by atoms with van der Waals surface area (Å²) in [6.07, 6.45) is 5.54. The number of rotatable bonds is 8. The van der Waals surface area contributed by atoms with Crippen LogP contribution < -0.4 is 5.73 Å². The highest BCUT2D eigenvalue weighted by Gasteiger charge is 2.50. The van der Waals surface area contributed by atoms with Crippen LogP contribution in [0.2, 0.25) is 5.02 Å². The van der Waals surface area contributed by atoms with Crippen LogP contribution in [0.3, 0.4) is 0 Å². The van der Waals surface area contributed by atoms with E-state index in [1.807, 2.05) is 12.1 Å². The highest BCUT2D eigenvalue weighted by Crippen LogP contribution is 2.55. The van der Waals surface area contributed by atoms with Gasteiger partial charge >= 0.3 is 0 Å². The smallest absolute Gasteiger partial charge is 0.221 e. The molecule has 0 aliphatic heterocycles. The first-order chi connectivity index (χ1) is 11.3. The fourth-order valence-corrected chi connectivity index (χ4v) is 4.69. The number of benzene rings is 1. The van der Waals surface area contributed by atoms with E-state index in [-0.39, 0.29) is 29.6 Å². The largest absolute Gasteiger partial charge is 0.369 e. The van der Waals surface area contributed by atoms with Crippen molar-refractivity contribution in [1.29, 1.82) is 0 Å². The van der Waals surface area contributed by atoms with E-state index in [1.165, 1.54) is 12.0 Å². The van der Waals surface area contributed by atoms with Gasteiger partial charge in [-0.3, -0.25) is 4.79 Å². The summed E-state index contributed by atoms with van der Waals surface area (Å²) in [4.78, 5) is 12.4. The van der Waals surface area contributed by atoms with Crippen LogP contribution in [0.15, 0.2) is 24.3 Å². The van der Waals surface area contributed by atoms with Gasteiger partial charge in [0.2, 0.25) is 5.91 Å². The number of amides is 1. The quantitative estimate of drug-likeness (QED) is 0.586. The van der Waals surface area contributed by atoms with E-state index in [2.05, 4.69) is 39.8 Å². The van der Waals surface area contributed by atoms with Gasteiger partial charge in [0.25, 0.3) is 0 Å². The monoisotopic (exact) mass is 385 g/mol. The first-order valence-electron chi connectivity index (χ1n) is 9.37. The maximum atomic E-state index is 12.4. The summed E-state index contributed by atoms with van der Waals surface area (Å²) < 4.78 is 0. The van der Waals surface area contributed by atoms with Crippen molar-refractivity contribution in [3.05, 3.63) is 34.9 Å². The first-order valence-corrected chi connectivity index (χ1v) is 9.75. The minimum absolute atomic E-state index is 0. The van der Waals surface area contributed by atoms with Gasteiger partial charge in [-0.05, 0) is 60.1 Å². The molecule has 2 unspecified atom stereocenters. The van der Waals surface area contributed by atoms with Crippen molar-refractivity contribution in [2.24, 2.45) is 29.4 Å². The van der Waals surface area contributed by atoms with Crippen LogP contribution in [0, 0.1) is 23.7 Å². The summed E-state index contributed by atoms with van der Waals surface area (Å²) in [6, 6.07) is 8.27. The molecule has 0 bridgehead atoms. The predicted octanol–water partition coefficient (Wildman–Crippen LogP) is 5.99. The molecule has 1 saturated carbocycles. The highest BCUT2D eigenvalue weighted by molar-refractivity contribution is 6.30. The maximum absolute atomic E-state index is 12.4. The summed E-state index contributed by atoms with van der Waals surface area (Å²) in [5.74, 6) is 0.977. The Kier molecular flexibility index (Phi) is 8.28. The molecule has 0 spiro atoms. The first kappa shape index (κ1) is 22.3. The molecule has 1 aliphatic carbocycles. The fraction of sp³-hybridized carbons (Fsp3) is 0.667. The second-order valence-corrected chi connectivity index (χ2v) is 8.50. The number of carbonyl (C=O) groups excluding carboxylic acids is 1. The van der Waals surface area contributed by atoms with Crippen molar-refractivity contribution in [3.63, 3.8) is 0 Å². The molecule has 1 aromatic carbocycles. The molecular formula is C21H33Cl2NO. The lowest BCUT2D eigenvalue weighted by Gasteiger charge is -2.52. The number of hydrogen-bond acceptors (Lipinski definition) is 1. The number of primary amides is 1. The lowest BCUT2D eigenvalue weighted by molar-refractivity contribution is -0.128. The van der Waals surface area contributed by atoms with Crippen LogP contribution in [0.4, 0.5) is 0 Å². The normalized spacial score (nSPS) is 19.4. The molecule has 1 aromatic rings. The van der Waals surface area contributed by atoms with Gasteiger partial charge in [-0.25, -0.2) is 0 Å². The molecule has 2 N–H and O–H groups in total. The Labute approximate surface area is 164 Å². The molecule has 4 heteroatoms. The van der Waals surface area contributed by atoms with Crippen molar-refractivity contribution in [2.45, 2.75) is 65.2 Å². The molecule has 2 rings (SSSR count). The summed E-state index contributed by atoms with van der Waals surface area (Å²) in [5, 5.41) is 0.766. The second-order valence-electron chi connectivity index (χ2n) is 8.07. The Morgan fingerprint density at radius 3 is 2.12 bits per heavy atom. The number of halogens is 2. The zero-order valence-electron chi connectivity index (χ0n) is 15.9. The maximum Gasteiger partial charge on any atom is 0.221 e. The lowest BCUT2D eigenvalue weighted by Crippen LogP contribution is -2.50.